The Labute approximate surface area is 118 Å². The van der Waals surface area contributed by atoms with Gasteiger partial charge in [0.1, 0.15) is 5.75 Å². The number of aryl methyl sites for hydroxylation is 1. The van der Waals surface area contributed by atoms with Crippen molar-refractivity contribution >= 4 is 0 Å². The molecule has 0 saturated heterocycles. The van der Waals surface area contributed by atoms with Crippen LogP contribution < -0.4 is 10.1 Å². The van der Waals surface area contributed by atoms with Crippen LogP contribution in [0.1, 0.15) is 51.0 Å². The van der Waals surface area contributed by atoms with Gasteiger partial charge in [-0.2, -0.15) is 0 Å². The number of nitrogens with one attached hydrogen (secondary N) is 1. The van der Waals surface area contributed by atoms with Crippen LogP contribution in [0.4, 0.5) is 0 Å². The van der Waals surface area contributed by atoms with Gasteiger partial charge in [0.15, 0.2) is 0 Å². The van der Waals surface area contributed by atoms with Crippen LogP contribution in [0.2, 0.25) is 0 Å². The zero-order valence-electron chi connectivity index (χ0n) is 12.7. The summed E-state index contributed by atoms with van der Waals surface area (Å²) >= 11 is 0. The van der Waals surface area contributed by atoms with E-state index in [1.54, 1.807) is 7.11 Å². The van der Waals surface area contributed by atoms with E-state index in [1.807, 2.05) is 12.1 Å². The molecule has 19 heavy (non-hydrogen) atoms. The highest BCUT2D eigenvalue weighted by Gasteiger charge is 2.06. The van der Waals surface area contributed by atoms with Crippen LogP contribution in [-0.4, -0.2) is 20.2 Å². The van der Waals surface area contributed by atoms with Gasteiger partial charge < -0.3 is 10.1 Å². The Bertz CT molecular complexity index is 321. The molecule has 0 radical (unpaired) electrons. The van der Waals surface area contributed by atoms with Crippen molar-refractivity contribution in [3.63, 3.8) is 0 Å². The lowest BCUT2D eigenvalue weighted by atomic mass is 10.00. The topological polar surface area (TPSA) is 21.3 Å². The van der Waals surface area contributed by atoms with E-state index >= 15 is 0 Å². The zero-order chi connectivity index (χ0) is 13.9. The Kier molecular flexibility index (Phi) is 8.31. The van der Waals surface area contributed by atoms with Crippen molar-refractivity contribution in [2.75, 3.05) is 14.2 Å². The van der Waals surface area contributed by atoms with Crippen molar-refractivity contribution in [1.29, 1.82) is 0 Å². The Balaban J connectivity index is 2.27. The minimum atomic E-state index is 0.652. The number of rotatable bonds is 10. The smallest absolute Gasteiger partial charge is 0.118 e. The Morgan fingerprint density at radius 1 is 1.05 bits per heavy atom. The fourth-order valence-electron chi connectivity index (χ4n) is 2.38. The van der Waals surface area contributed by atoms with E-state index in [0.717, 1.165) is 12.2 Å². The molecular formula is C17H29NO. The second-order valence-electron chi connectivity index (χ2n) is 5.22. The highest BCUT2D eigenvalue weighted by molar-refractivity contribution is 5.27. The molecular weight excluding hydrogens is 234 g/mol. The minimum absolute atomic E-state index is 0.652. The third kappa shape index (κ3) is 6.63. The van der Waals surface area contributed by atoms with Gasteiger partial charge in [-0.1, -0.05) is 44.7 Å². The first-order valence-electron chi connectivity index (χ1n) is 7.60. The maximum Gasteiger partial charge on any atom is 0.118 e. The summed E-state index contributed by atoms with van der Waals surface area (Å²) in [6, 6.07) is 9.08. The molecule has 0 heterocycles. The summed E-state index contributed by atoms with van der Waals surface area (Å²) in [5, 5.41) is 3.45. The number of hydrogen-bond donors (Lipinski definition) is 1. The van der Waals surface area contributed by atoms with Crippen LogP contribution in [-0.2, 0) is 6.42 Å². The van der Waals surface area contributed by atoms with E-state index in [1.165, 1.54) is 44.1 Å². The van der Waals surface area contributed by atoms with Crippen LogP contribution in [0, 0.1) is 0 Å². The fourth-order valence-corrected chi connectivity index (χ4v) is 2.38. The third-order valence-electron chi connectivity index (χ3n) is 3.75. The van der Waals surface area contributed by atoms with Crippen LogP contribution in [0.3, 0.4) is 0 Å². The lowest BCUT2D eigenvalue weighted by Gasteiger charge is -2.16. The molecule has 1 unspecified atom stereocenters. The molecule has 0 spiro atoms. The predicted octanol–water partition coefficient (Wildman–Crippen LogP) is 4.19. The van der Waals surface area contributed by atoms with Crippen LogP contribution >= 0.6 is 0 Å². The molecule has 0 saturated carbocycles. The number of benzene rings is 1. The van der Waals surface area contributed by atoms with Gasteiger partial charge in [-0.3, -0.25) is 0 Å². The van der Waals surface area contributed by atoms with Crippen LogP contribution in [0.25, 0.3) is 0 Å². The molecule has 0 fully saturated rings. The summed E-state index contributed by atoms with van der Waals surface area (Å²) in [5.74, 6) is 0.938. The molecule has 0 amide bonds. The molecule has 2 nitrogen and oxygen atoms in total. The van der Waals surface area contributed by atoms with Gasteiger partial charge in [0.2, 0.25) is 0 Å². The zero-order valence-corrected chi connectivity index (χ0v) is 12.7. The van der Waals surface area contributed by atoms with Gasteiger partial charge in [-0.05, 0) is 44.0 Å². The number of methoxy groups -OCH3 is 1. The maximum absolute atomic E-state index is 5.18. The molecule has 108 valence electrons. The van der Waals surface area contributed by atoms with Crippen molar-refractivity contribution in [3.05, 3.63) is 29.8 Å². The van der Waals surface area contributed by atoms with Gasteiger partial charge in [0.25, 0.3) is 0 Å². The van der Waals surface area contributed by atoms with Crippen molar-refractivity contribution < 1.29 is 4.74 Å². The van der Waals surface area contributed by atoms with Crippen molar-refractivity contribution in [1.82, 2.24) is 5.32 Å². The van der Waals surface area contributed by atoms with Crippen LogP contribution in [0.15, 0.2) is 24.3 Å². The van der Waals surface area contributed by atoms with E-state index in [-0.39, 0.29) is 0 Å². The fraction of sp³-hybridized carbons (Fsp3) is 0.647. The molecule has 0 aliphatic rings. The van der Waals surface area contributed by atoms with Gasteiger partial charge in [0.05, 0.1) is 7.11 Å². The molecule has 1 aromatic rings. The van der Waals surface area contributed by atoms with Gasteiger partial charge in [-0.15, -0.1) is 0 Å². The number of hydrogen-bond acceptors (Lipinski definition) is 2. The first kappa shape index (κ1) is 16.0. The molecule has 1 atom stereocenters. The predicted molar refractivity (Wildman–Crippen MR) is 82.9 cm³/mol. The quantitative estimate of drug-likeness (QED) is 0.639. The Morgan fingerprint density at radius 3 is 2.37 bits per heavy atom. The van der Waals surface area contributed by atoms with E-state index in [2.05, 4.69) is 31.4 Å². The second kappa shape index (κ2) is 9.85. The van der Waals surface area contributed by atoms with E-state index < -0.39 is 0 Å². The second-order valence-corrected chi connectivity index (χ2v) is 5.22. The van der Waals surface area contributed by atoms with E-state index in [4.69, 9.17) is 4.74 Å². The molecule has 0 bridgehead atoms. The van der Waals surface area contributed by atoms with E-state index in [0.29, 0.717) is 6.04 Å². The van der Waals surface area contributed by atoms with Gasteiger partial charge in [0, 0.05) is 6.04 Å². The Hall–Kier alpha value is -1.02. The lowest BCUT2D eigenvalue weighted by molar-refractivity contribution is 0.414. The standard InChI is InChI=1S/C17H29NO/c1-4-5-6-7-8-16(18-2)12-9-15-10-13-17(19-3)14-11-15/h10-11,13-14,16,18H,4-9,12H2,1-3H3. The highest BCUT2D eigenvalue weighted by Crippen LogP contribution is 2.15. The summed E-state index contributed by atoms with van der Waals surface area (Å²) in [7, 11) is 3.79. The average molecular weight is 263 g/mol. The minimum Gasteiger partial charge on any atom is -0.497 e. The molecule has 1 aromatic carbocycles. The third-order valence-corrected chi connectivity index (χ3v) is 3.75. The molecule has 1 rings (SSSR count). The van der Waals surface area contributed by atoms with Crippen LogP contribution in [0.5, 0.6) is 5.75 Å². The monoisotopic (exact) mass is 263 g/mol. The normalized spacial score (nSPS) is 12.4. The lowest BCUT2D eigenvalue weighted by Crippen LogP contribution is -2.25. The molecule has 0 aromatic heterocycles. The summed E-state index contributed by atoms with van der Waals surface area (Å²) < 4.78 is 5.18. The maximum atomic E-state index is 5.18. The largest absolute Gasteiger partial charge is 0.497 e. The van der Waals surface area contributed by atoms with Crippen molar-refractivity contribution in [2.45, 2.75) is 57.9 Å². The summed E-state index contributed by atoms with van der Waals surface area (Å²) in [6.07, 6.45) is 9.06. The van der Waals surface area contributed by atoms with Crippen molar-refractivity contribution in [2.24, 2.45) is 0 Å². The van der Waals surface area contributed by atoms with E-state index in [9.17, 15) is 0 Å². The highest BCUT2D eigenvalue weighted by atomic mass is 16.5. The molecule has 0 aliphatic heterocycles. The SMILES string of the molecule is CCCCCCC(CCc1ccc(OC)cc1)NC. The molecule has 1 N–H and O–H groups in total. The number of ether oxygens (including phenoxy) is 1. The number of unbranched alkanes of at least 4 members (excludes halogenated alkanes) is 3. The summed E-state index contributed by atoms with van der Waals surface area (Å²) in [5.41, 5.74) is 1.40. The van der Waals surface area contributed by atoms with Gasteiger partial charge in [-0.25, -0.2) is 0 Å². The van der Waals surface area contributed by atoms with Gasteiger partial charge >= 0.3 is 0 Å². The first-order chi connectivity index (χ1) is 9.30. The average Bonchev–Trinajstić information content (AvgIpc) is 2.47. The summed E-state index contributed by atoms with van der Waals surface area (Å²) in [6.45, 7) is 2.26. The first-order valence-corrected chi connectivity index (χ1v) is 7.60. The Morgan fingerprint density at radius 2 is 1.79 bits per heavy atom. The summed E-state index contributed by atoms with van der Waals surface area (Å²) in [4.78, 5) is 0. The molecule has 2 heteroatoms. The molecule has 0 aliphatic carbocycles. The van der Waals surface area contributed by atoms with Crippen molar-refractivity contribution in [3.8, 4) is 5.75 Å².